The molecule has 17 nitrogen and oxygen atoms in total. The maximum absolute atomic E-state index is 16.3. The van der Waals surface area contributed by atoms with Gasteiger partial charge in [0.25, 0.3) is 11.8 Å². The fourth-order valence-electron chi connectivity index (χ4n) is 7.60. The molecule has 3 aliphatic heterocycles. The van der Waals surface area contributed by atoms with Gasteiger partial charge in [0.1, 0.15) is 54.2 Å². The number of fused-ring (bicyclic) bond motifs is 2. The third-order valence-corrected chi connectivity index (χ3v) is 11.0. The Morgan fingerprint density at radius 3 is 2.30 bits per heavy atom. The molecule has 1 aromatic heterocycles. The molecule has 1 atom stereocenters. The Labute approximate surface area is 364 Å². The number of piperazine rings is 1. The average molecular weight is 892 g/mol. The number of piperidine rings is 1. The second-order valence-corrected chi connectivity index (χ2v) is 15.0. The van der Waals surface area contributed by atoms with Crippen LogP contribution < -0.4 is 25.0 Å². The van der Waals surface area contributed by atoms with Crippen LogP contribution in [0.25, 0.3) is 22.0 Å². The Balaban J connectivity index is 0.820. The van der Waals surface area contributed by atoms with Gasteiger partial charge in [-0.1, -0.05) is 30.7 Å². The number of carbonyl (C=O) groups is 6. The molecule has 2 saturated heterocycles. The average Bonchev–Trinajstić information content (AvgIpc) is 3.53. The highest BCUT2D eigenvalue weighted by molar-refractivity contribution is 6.34. The van der Waals surface area contributed by atoms with Gasteiger partial charge in [0, 0.05) is 56.4 Å². The molecule has 1 unspecified atom stereocenters. The van der Waals surface area contributed by atoms with Crippen molar-refractivity contribution in [1.82, 2.24) is 30.4 Å². The van der Waals surface area contributed by atoms with Crippen LogP contribution in [0.3, 0.4) is 0 Å². The Morgan fingerprint density at radius 1 is 0.857 bits per heavy atom. The van der Waals surface area contributed by atoms with E-state index in [9.17, 15) is 28.8 Å². The molecule has 2 fully saturated rings. The molecule has 2 N–H and O–H groups in total. The number of halogens is 3. The van der Waals surface area contributed by atoms with Gasteiger partial charge in [-0.2, -0.15) is 0 Å². The first-order valence-corrected chi connectivity index (χ1v) is 20.8. The Hall–Kier alpha value is -6.31. The zero-order valence-corrected chi connectivity index (χ0v) is 35.0. The predicted octanol–water partition coefficient (Wildman–Crippen LogP) is 3.69. The van der Waals surface area contributed by atoms with Crippen LogP contribution in [0.1, 0.15) is 53.3 Å². The molecule has 0 radical (unpaired) electrons. The number of carbonyl (C=O) groups excluding carboxylic acids is 6. The monoisotopic (exact) mass is 891 g/mol. The fourth-order valence-corrected chi connectivity index (χ4v) is 7.88. The highest BCUT2D eigenvalue weighted by Gasteiger charge is 2.46. The molecule has 63 heavy (non-hydrogen) atoms. The van der Waals surface area contributed by atoms with Crippen molar-refractivity contribution in [3.63, 3.8) is 0 Å². The van der Waals surface area contributed by atoms with E-state index < -0.39 is 41.3 Å². The van der Waals surface area contributed by atoms with E-state index in [1.165, 1.54) is 42.7 Å². The summed E-state index contributed by atoms with van der Waals surface area (Å²) in [5, 5.41) is 5.14. The van der Waals surface area contributed by atoms with E-state index >= 15 is 8.78 Å². The third-order valence-electron chi connectivity index (χ3n) is 10.7. The lowest BCUT2D eigenvalue weighted by atomic mass is 10.0. The lowest BCUT2D eigenvalue weighted by molar-refractivity contribution is -0.136. The maximum atomic E-state index is 16.3. The first kappa shape index (κ1) is 44.7. The highest BCUT2D eigenvalue weighted by Crippen LogP contribution is 2.42. The van der Waals surface area contributed by atoms with Crippen LogP contribution in [0.2, 0.25) is 5.02 Å². The second kappa shape index (κ2) is 20.3. The first-order chi connectivity index (χ1) is 30.5. The lowest BCUT2D eigenvalue weighted by Gasteiger charge is -2.35. The quantitative estimate of drug-likeness (QED) is 0.109. The van der Waals surface area contributed by atoms with Crippen molar-refractivity contribution in [1.29, 1.82) is 0 Å². The summed E-state index contributed by atoms with van der Waals surface area (Å²) in [6, 6.07) is 9.03. The van der Waals surface area contributed by atoms with Crippen LogP contribution >= 0.6 is 11.6 Å². The fraction of sp³-hybridized carbons (Fsp3) is 0.395. The topological polar surface area (TPSA) is 199 Å². The van der Waals surface area contributed by atoms with E-state index in [4.69, 9.17) is 30.5 Å². The number of aromatic nitrogens is 2. The van der Waals surface area contributed by atoms with Gasteiger partial charge >= 0.3 is 0 Å². The van der Waals surface area contributed by atoms with Crippen molar-refractivity contribution in [2.75, 3.05) is 77.3 Å². The number of hydrogen-bond donors (Lipinski definition) is 2. The number of nitrogens with one attached hydrogen (secondary N) is 2. The van der Waals surface area contributed by atoms with Crippen LogP contribution in [0.4, 0.5) is 14.6 Å². The van der Waals surface area contributed by atoms with E-state index in [0.717, 1.165) is 4.90 Å². The molecule has 3 aliphatic rings. The Morgan fingerprint density at radius 2 is 1.56 bits per heavy atom. The predicted molar refractivity (Wildman–Crippen MR) is 222 cm³/mol. The van der Waals surface area contributed by atoms with Gasteiger partial charge in [-0.05, 0) is 36.8 Å². The molecule has 3 aromatic carbocycles. The number of hydrogen-bond acceptors (Lipinski definition) is 13. The van der Waals surface area contributed by atoms with Crippen molar-refractivity contribution < 1.29 is 56.5 Å². The van der Waals surface area contributed by atoms with Gasteiger partial charge in [-0.3, -0.25) is 39.0 Å². The number of rotatable bonds is 18. The van der Waals surface area contributed by atoms with Crippen molar-refractivity contribution in [3.05, 3.63) is 76.6 Å². The SMILES string of the molecule is CCC(=O)N1CCN(c2ncnc3c(F)c(-c4c(F)cccc4OCCOCCOCCC(=O)NCCOc4cccc5c4C(=O)N(C4CCC(=O)NC4=O)C5=O)c(Cl)cc23)CC1. The minimum atomic E-state index is -1.10. The molecule has 7 rings (SSSR count). The summed E-state index contributed by atoms with van der Waals surface area (Å²) in [4.78, 5) is 87.8. The normalized spacial score (nSPS) is 16.4. The highest BCUT2D eigenvalue weighted by atomic mass is 35.5. The number of benzene rings is 3. The largest absolute Gasteiger partial charge is 0.491 e. The molecule has 4 heterocycles. The second-order valence-electron chi connectivity index (χ2n) is 14.6. The minimum absolute atomic E-state index is 0.00220. The zero-order chi connectivity index (χ0) is 44.6. The summed E-state index contributed by atoms with van der Waals surface area (Å²) < 4.78 is 54.3. The van der Waals surface area contributed by atoms with Gasteiger partial charge < -0.3 is 34.1 Å². The molecule has 4 aromatic rings. The van der Waals surface area contributed by atoms with Crippen LogP contribution in [0.5, 0.6) is 11.5 Å². The van der Waals surface area contributed by atoms with Gasteiger partial charge in [-0.25, -0.2) is 18.7 Å². The van der Waals surface area contributed by atoms with Gasteiger partial charge in [0.05, 0.1) is 54.7 Å². The minimum Gasteiger partial charge on any atom is -0.491 e. The third kappa shape index (κ3) is 9.85. The van der Waals surface area contributed by atoms with Gasteiger partial charge in [0.15, 0.2) is 5.82 Å². The Bertz CT molecular complexity index is 2430. The molecule has 0 aliphatic carbocycles. The maximum Gasteiger partial charge on any atom is 0.266 e. The molecular weight excluding hydrogens is 848 g/mol. The lowest BCUT2D eigenvalue weighted by Crippen LogP contribution is -2.54. The number of anilines is 1. The Kier molecular flexibility index (Phi) is 14.4. The van der Waals surface area contributed by atoms with Crippen LogP contribution in [0, 0.1) is 11.6 Å². The van der Waals surface area contributed by atoms with E-state index in [1.807, 2.05) is 11.8 Å². The number of amides is 6. The molecule has 0 spiro atoms. The van der Waals surface area contributed by atoms with Gasteiger partial charge in [0.2, 0.25) is 23.6 Å². The summed E-state index contributed by atoms with van der Waals surface area (Å²) in [7, 11) is 0. The van der Waals surface area contributed by atoms with Gasteiger partial charge in [-0.15, -0.1) is 0 Å². The van der Waals surface area contributed by atoms with Crippen LogP contribution in [-0.2, 0) is 28.7 Å². The smallest absolute Gasteiger partial charge is 0.266 e. The molecule has 0 bridgehead atoms. The van der Waals surface area contributed by atoms with E-state index in [2.05, 4.69) is 20.6 Å². The summed E-state index contributed by atoms with van der Waals surface area (Å²) in [6.45, 7) is 4.34. The number of nitrogens with zero attached hydrogens (tertiary/aromatic N) is 5. The number of imide groups is 2. The number of ether oxygens (including phenoxy) is 4. The van der Waals surface area contributed by atoms with E-state index in [0.29, 0.717) is 43.8 Å². The van der Waals surface area contributed by atoms with E-state index in [1.54, 1.807) is 11.0 Å². The summed E-state index contributed by atoms with van der Waals surface area (Å²) in [5.74, 6) is -3.74. The summed E-state index contributed by atoms with van der Waals surface area (Å²) in [5.41, 5.74) is -0.321. The van der Waals surface area contributed by atoms with Crippen LogP contribution in [0.15, 0.2) is 48.8 Å². The standard InChI is InChI=1S/C43H44ClF2N7O10/c1-2-34(56)51-13-15-52(16-14-51)40-26-23-27(44)36(38(46)39(26)48-24-49-40)37-28(45)6-4-8-31(37)63-22-21-61-20-19-60-17-11-32(54)47-12-18-62-30-7-3-5-25-35(30)43(59)53(42(25)58)29-9-10-33(55)50-41(29)57/h3-8,23-24,29H,2,9-22H2,1H3,(H,47,54)(H,50,55,57). The van der Waals surface area contributed by atoms with E-state index in [-0.39, 0.29) is 122 Å². The summed E-state index contributed by atoms with van der Waals surface area (Å²) >= 11 is 6.66. The van der Waals surface area contributed by atoms with Crippen molar-refractivity contribution in [3.8, 4) is 22.6 Å². The van der Waals surface area contributed by atoms with Crippen molar-refractivity contribution in [2.24, 2.45) is 0 Å². The molecular formula is C43H44ClF2N7O10. The van der Waals surface area contributed by atoms with Crippen LogP contribution in [-0.4, -0.2) is 134 Å². The zero-order valence-electron chi connectivity index (χ0n) is 34.3. The molecule has 20 heteroatoms. The molecule has 0 saturated carbocycles. The molecule has 332 valence electrons. The summed E-state index contributed by atoms with van der Waals surface area (Å²) in [6.07, 6.45) is 1.72. The van der Waals surface area contributed by atoms with Crippen molar-refractivity contribution in [2.45, 2.75) is 38.6 Å². The van der Waals surface area contributed by atoms with Crippen molar-refractivity contribution >= 4 is 63.8 Å². The first-order valence-electron chi connectivity index (χ1n) is 20.4. The molecule has 6 amide bonds.